The largest absolute Gasteiger partial charge is 0.383 e. The lowest BCUT2D eigenvalue weighted by Gasteiger charge is -2.35. The molecule has 144 valence electrons. The van der Waals surface area contributed by atoms with E-state index in [1.165, 1.54) is 12.0 Å². The Hall–Kier alpha value is -1.39. The van der Waals surface area contributed by atoms with Crippen LogP contribution in [0.3, 0.4) is 0 Å². The van der Waals surface area contributed by atoms with Crippen molar-refractivity contribution in [3.05, 3.63) is 35.9 Å². The smallest absolute Gasteiger partial charge is 0.251 e. The Labute approximate surface area is 158 Å². The van der Waals surface area contributed by atoms with Gasteiger partial charge in [-0.2, -0.15) is 0 Å². The normalized spacial score (nSPS) is 21.5. The van der Waals surface area contributed by atoms with E-state index >= 15 is 0 Å². The van der Waals surface area contributed by atoms with E-state index < -0.39 is 6.10 Å². The van der Waals surface area contributed by atoms with Crippen LogP contribution in [0.15, 0.2) is 30.3 Å². The molecule has 0 radical (unpaired) electrons. The Balaban J connectivity index is 1.41. The fourth-order valence-electron chi connectivity index (χ4n) is 4.52. The molecule has 3 rings (SSSR count). The predicted molar refractivity (Wildman–Crippen MR) is 105 cm³/mol. The van der Waals surface area contributed by atoms with Crippen LogP contribution in [0.25, 0.3) is 0 Å². The topological polar surface area (TPSA) is 43.8 Å². The molecule has 26 heavy (non-hydrogen) atoms. The first kappa shape index (κ1) is 19.4. The number of carbonyl (C=O) groups is 1. The summed E-state index contributed by atoms with van der Waals surface area (Å²) in [6.07, 6.45) is 7.01. The number of benzene rings is 1. The van der Waals surface area contributed by atoms with Crippen molar-refractivity contribution < 1.29 is 9.90 Å². The molecule has 1 aromatic carbocycles. The monoisotopic (exact) mass is 358 g/mol. The number of aliphatic hydroxyl groups excluding tert-OH is 1. The minimum Gasteiger partial charge on any atom is -0.383 e. The predicted octanol–water partition coefficient (Wildman–Crippen LogP) is 3.30. The minimum absolute atomic E-state index is 0.0661. The maximum absolute atomic E-state index is 12.6. The van der Waals surface area contributed by atoms with Gasteiger partial charge in [0.15, 0.2) is 0 Å². The van der Waals surface area contributed by atoms with Crippen molar-refractivity contribution in [2.45, 2.75) is 57.6 Å². The van der Waals surface area contributed by atoms with Crippen molar-refractivity contribution >= 4 is 5.91 Å². The van der Waals surface area contributed by atoms with E-state index in [-0.39, 0.29) is 11.8 Å². The van der Waals surface area contributed by atoms with Gasteiger partial charge in [0.05, 0.1) is 0 Å². The highest BCUT2D eigenvalue weighted by molar-refractivity contribution is 5.80. The maximum Gasteiger partial charge on any atom is 0.251 e. The third-order valence-corrected chi connectivity index (χ3v) is 6.21. The van der Waals surface area contributed by atoms with Crippen molar-refractivity contribution in [2.75, 3.05) is 26.7 Å². The van der Waals surface area contributed by atoms with Crippen LogP contribution in [-0.2, 0) is 11.3 Å². The number of likely N-dealkylation sites (N-methyl/N-ethyl adjacent to an activating group) is 1. The van der Waals surface area contributed by atoms with Crippen molar-refractivity contribution in [3.63, 3.8) is 0 Å². The van der Waals surface area contributed by atoms with E-state index in [4.69, 9.17) is 0 Å². The molecular weight excluding hydrogens is 324 g/mol. The van der Waals surface area contributed by atoms with Crippen molar-refractivity contribution in [2.24, 2.45) is 11.8 Å². The van der Waals surface area contributed by atoms with E-state index in [1.54, 1.807) is 4.90 Å². The lowest BCUT2D eigenvalue weighted by atomic mass is 9.84. The molecule has 1 saturated carbocycles. The molecule has 0 spiro atoms. The summed E-state index contributed by atoms with van der Waals surface area (Å²) < 4.78 is 0. The number of carbonyl (C=O) groups excluding carboxylic acids is 1. The average Bonchev–Trinajstić information content (AvgIpc) is 2.70. The highest BCUT2D eigenvalue weighted by atomic mass is 16.3. The van der Waals surface area contributed by atoms with Crippen LogP contribution in [-0.4, -0.2) is 53.6 Å². The van der Waals surface area contributed by atoms with Crippen molar-refractivity contribution in [1.29, 1.82) is 0 Å². The number of aliphatic hydroxyl groups is 1. The number of rotatable bonds is 6. The maximum atomic E-state index is 12.6. The summed E-state index contributed by atoms with van der Waals surface area (Å²) >= 11 is 0. The van der Waals surface area contributed by atoms with E-state index in [1.807, 2.05) is 7.05 Å². The zero-order valence-electron chi connectivity index (χ0n) is 16.1. The molecule has 0 aromatic heterocycles. The number of hydrogen-bond acceptors (Lipinski definition) is 3. The second kappa shape index (κ2) is 9.52. The molecule has 2 fully saturated rings. The van der Waals surface area contributed by atoms with Gasteiger partial charge >= 0.3 is 0 Å². The lowest BCUT2D eigenvalue weighted by molar-refractivity contribution is -0.143. The molecule has 1 saturated heterocycles. The first-order valence-electron chi connectivity index (χ1n) is 10.3. The van der Waals surface area contributed by atoms with Gasteiger partial charge in [-0.1, -0.05) is 49.6 Å². The molecule has 1 amide bonds. The quantitative estimate of drug-likeness (QED) is 0.848. The fraction of sp³-hybridized carbons (Fsp3) is 0.682. The van der Waals surface area contributed by atoms with Crippen molar-refractivity contribution in [3.8, 4) is 0 Å². The van der Waals surface area contributed by atoms with Gasteiger partial charge in [0, 0.05) is 20.1 Å². The summed E-state index contributed by atoms with van der Waals surface area (Å²) in [7, 11) is 1.87. The number of piperidine rings is 1. The SMILES string of the molecule is CN(CC1CCN(Cc2ccccc2)CC1)C(=O)[C@H](O)C1CCCCC1. The van der Waals surface area contributed by atoms with Gasteiger partial charge in [-0.25, -0.2) is 0 Å². The Kier molecular flexibility index (Phi) is 7.09. The molecule has 0 bridgehead atoms. The van der Waals surface area contributed by atoms with Gasteiger partial charge in [-0.15, -0.1) is 0 Å². The Morgan fingerprint density at radius 3 is 2.42 bits per heavy atom. The second-order valence-corrected chi connectivity index (χ2v) is 8.27. The van der Waals surface area contributed by atoms with E-state index in [9.17, 15) is 9.90 Å². The molecule has 1 atom stereocenters. The molecule has 0 unspecified atom stereocenters. The molecule has 2 aliphatic rings. The Morgan fingerprint density at radius 2 is 1.77 bits per heavy atom. The summed E-state index contributed by atoms with van der Waals surface area (Å²) in [5.41, 5.74) is 1.37. The van der Waals surface area contributed by atoms with E-state index in [0.717, 1.165) is 64.7 Å². The van der Waals surface area contributed by atoms with E-state index in [2.05, 4.69) is 35.2 Å². The average molecular weight is 359 g/mol. The van der Waals surface area contributed by atoms with Crippen LogP contribution in [0.1, 0.15) is 50.5 Å². The Bertz CT molecular complexity index is 549. The second-order valence-electron chi connectivity index (χ2n) is 8.27. The summed E-state index contributed by atoms with van der Waals surface area (Å²) in [4.78, 5) is 16.9. The number of amides is 1. The zero-order valence-corrected chi connectivity index (χ0v) is 16.1. The first-order valence-corrected chi connectivity index (χ1v) is 10.3. The third kappa shape index (κ3) is 5.31. The molecule has 1 aliphatic carbocycles. The zero-order chi connectivity index (χ0) is 18.4. The van der Waals surface area contributed by atoms with Crippen LogP contribution >= 0.6 is 0 Å². The molecule has 4 nitrogen and oxygen atoms in total. The molecule has 1 aromatic rings. The molecular formula is C22H34N2O2. The van der Waals surface area contributed by atoms with E-state index in [0.29, 0.717) is 5.92 Å². The first-order chi connectivity index (χ1) is 12.6. The summed E-state index contributed by atoms with van der Waals surface area (Å²) in [6.45, 7) is 3.98. The van der Waals surface area contributed by atoms with Gasteiger partial charge in [-0.3, -0.25) is 9.69 Å². The van der Waals surface area contributed by atoms with Crippen molar-refractivity contribution in [1.82, 2.24) is 9.80 Å². The highest BCUT2D eigenvalue weighted by Gasteiger charge is 2.31. The molecule has 4 heteroatoms. The van der Waals surface area contributed by atoms with Gasteiger partial charge in [0.2, 0.25) is 0 Å². The Morgan fingerprint density at radius 1 is 1.12 bits per heavy atom. The number of hydrogen-bond donors (Lipinski definition) is 1. The third-order valence-electron chi connectivity index (χ3n) is 6.21. The summed E-state index contributed by atoms with van der Waals surface area (Å²) in [6, 6.07) is 10.6. The van der Waals surface area contributed by atoms with Gasteiger partial charge < -0.3 is 10.0 Å². The van der Waals surface area contributed by atoms with Gasteiger partial charge in [-0.05, 0) is 56.2 Å². The minimum atomic E-state index is -0.793. The van der Waals surface area contributed by atoms with Crippen LogP contribution in [0.2, 0.25) is 0 Å². The highest BCUT2D eigenvalue weighted by Crippen LogP contribution is 2.27. The van der Waals surface area contributed by atoms with Crippen LogP contribution in [0.4, 0.5) is 0 Å². The number of likely N-dealkylation sites (tertiary alicyclic amines) is 1. The summed E-state index contributed by atoms with van der Waals surface area (Å²) in [5, 5.41) is 10.4. The number of nitrogens with zero attached hydrogens (tertiary/aromatic N) is 2. The standard InChI is InChI=1S/C22H34N2O2/c1-23(22(26)21(25)20-10-6-3-7-11-20)16-19-12-14-24(15-13-19)17-18-8-4-2-5-9-18/h2,4-5,8-9,19-21,25H,3,6-7,10-17H2,1H3/t21-/m1/s1. The van der Waals surface area contributed by atoms with Crippen LogP contribution in [0.5, 0.6) is 0 Å². The van der Waals surface area contributed by atoms with Gasteiger partial charge in [0.1, 0.15) is 6.10 Å². The van der Waals surface area contributed by atoms with Crippen LogP contribution in [0, 0.1) is 11.8 Å². The lowest BCUT2D eigenvalue weighted by Crippen LogP contribution is -2.44. The molecule has 1 aliphatic heterocycles. The van der Waals surface area contributed by atoms with Crippen LogP contribution < -0.4 is 0 Å². The molecule has 1 heterocycles. The van der Waals surface area contributed by atoms with Gasteiger partial charge in [0.25, 0.3) is 5.91 Å². The summed E-state index contributed by atoms with van der Waals surface area (Å²) in [5.74, 6) is 0.657. The molecule has 1 N–H and O–H groups in total. The fourth-order valence-corrected chi connectivity index (χ4v) is 4.52.